The number of ether oxygens (including phenoxy) is 2. The van der Waals surface area contributed by atoms with Crippen molar-refractivity contribution in [3.05, 3.63) is 59.5 Å². The average molecular weight is 354 g/mol. The number of carbonyl (C=O) groups is 1. The molecular formula is C20H19FN2O3. The van der Waals surface area contributed by atoms with Crippen LogP contribution in [-0.4, -0.2) is 36.4 Å². The normalized spacial score (nSPS) is 18.7. The average Bonchev–Trinajstić information content (AvgIpc) is 2.60. The van der Waals surface area contributed by atoms with Crippen LogP contribution in [0.25, 0.3) is 0 Å². The molecule has 1 aromatic carbocycles. The maximum atomic E-state index is 13.2. The van der Waals surface area contributed by atoms with Gasteiger partial charge in [0.05, 0.1) is 6.54 Å². The van der Waals surface area contributed by atoms with Crippen LogP contribution >= 0.6 is 0 Å². The molecule has 1 aliphatic heterocycles. The lowest BCUT2D eigenvalue weighted by molar-refractivity contribution is -0.0858. The Balaban J connectivity index is 1.77. The Morgan fingerprint density at radius 1 is 1.27 bits per heavy atom. The first-order valence-electron chi connectivity index (χ1n) is 8.16. The van der Waals surface area contributed by atoms with Gasteiger partial charge < -0.3 is 9.47 Å². The number of halogens is 1. The molecule has 1 amide bonds. The van der Waals surface area contributed by atoms with Crippen molar-refractivity contribution in [3.8, 4) is 11.8 Å². The molecule has 1 aromatic heterocycles. The minimum atomic E-state index is -0.696. The van der Waals surface area contributed by atoms with Crippen molar-refractivity contribution in [2.75, 3.05) is 18.6 Å². The van der Waals surface area contributed by atoms with Gasteiger partial charge in [0.2, 0.25) is 0 Å². The summed E-state index contributed by atoms with van der Waals surface area (Å²) in [5.41, 5.74) is 0.546. The Kier molecular flexibility index (Phi) is 4.92. The summed E-state index contributed by atoms with van der Waals surface area (Å²) >= 11 is 0. The maximum Gasteiger partial charge on any atom is 0.416 e. The molecular weight excluding hydrogens is 335 g/mol. The molecule has 1 fully saturated rings. The number of rotatable bonds is 2. The largest absolute Gasteiger partial charge is 0.440 e. The number of benzene rings is 1. The Morgan fingerprint density at radius 3 is 2.69 bits per heavy atom. The molecule has 0 saturated carbocycles. The van der Waals surface area contributed by atoms with E-state index >= 15 is 0 Å². The molecule has 6 heteroatoms. The maximum absolute atomic E-state index is 13.2. The third-order valence-electron chi connectivity index (χ3n) is 4.18. The van der Waals surface area contributed by atoms with E-state index in [1.807, 2.05) is 13.8 Å². The van der Waals surface area contributed by atoms with E-state index in [1.54, 1.807) is 37.6 Å². The van der Waals surface area contributed by atoms with E-state index in [0.717, 1.165) is 0 Å². The standard InChI is InChI=1S/C20H19FN2O3/c1-20(2)17(25-3)13-23(19(24)26-20)18-10-9-15(12-22-18)8-7-14-5-4-6-16(21)11-14/h4-6,9-12,17H,13H2,1-3H3/t17-/m0/s1. The van der Waals surface area contributed by atoms with Gasteiger partial charge in [-0.2, -0.15) is 0 Å². The number of hydrogen-bond donors (Lipinski definition) is 0. The molecule has 0 N–H and O–H groups in total. The number of aromatic nitrogens is 1. The highest BCUT2D eigenvalue weighted by Crippen LogP contribution is 2.27. The summed E-state index contributed by atoms with van der Waals surface area (Å²) in [5, 5.41) is 0. The van der Waals surface area contributed by atoms with Gasteiger partial charge in [0.1, 0.15) is 23.3 Å². The van der Waals surface area contributed by atoms with Crippen LogP contribution in [-0.2, 0) is 9.47 Å². The second-order valence-corrected chi connectivity index (χ2v) is 6.47. The van der Waals surface area contributed by atoms with Crippen molar-refractivity contribution in [1.29, 1.82) is 0 Å². The number of anilines is 1. The molecule has 134 valence electrons. The lowest BCUT2D eigenvalue weighted by atomic mass is 9.99. The van der Waals surface area contributed by atoms with Gasteiger partial charge in [-0.3, -0.25) is 4.90 Å². The van der Waals surface area contributed by atoms with Gasteiger partial charge in [-0.1, -0.05) is 17.9 Å². The molecule has 0 radical (unpaired) electrons. The third-order valence-corrected chi connectivity index (χ3v) is 4.18. The molecule has 0 spiro atoms. The Labute approximate surface area is 151 Å². The second-order valence-electron chi connectivity index (χ2n) is 6.47. The second kappa shape index (κ2) is 7.14. The minimum absolute atomic E-state index is 0.269. The van der Waals surface area contributed by atoms with Crippen LogP contribution in [0.1, 0.15) is 25.0 Å². The topological polar surface area (TPSA) is 51.7 Å². The molecule has 0 aliphatic carbocycles. The molecule has 0 unspecified atom stereocenters. The Bertz CT molecular complexity index is 869. The molecule has 5 nitrogen and oxygen atoms in total. The van der Waals surface area contributed by atoms with E-state index < -0.39 is 11.7 Å². The predicted molar refractivity (Wildman–Crippen MR) is 95.3 cm³/mol. The fourth-order valence-corrected chi connectivity index (χ4v) is 2.68. The summed E-state index contributed by atoms with van der Waals surface area (Å²) in [6.45, 7) is 3.98. The lowest BCUT2D eigenvalue weighted by Gasteiger charge is -2.41. The number of pyridine rings is 1. The van der Waals surface area contributed by atoms with E-state index in [-0.39, 0.29) is 11.9 Å². The number of amides is 1. The molecule has 1 atom stereocenters. The van der Waals surface area contributed by atoms with E-state index in [1.165, 1.54) is 17.0 Å². The van der Waals surface area contributed by atoms with E-state index in [2.05, 4.69) is 16.8 Å². The zero-order chi connectivity index (χ0) is 18.7. The van der Waals surface area contributed by atoms with Crippen LogP contribution in [0.5, 0.6) is 0 Å². The highest BCUT2D eigenvalue weighted by atomic mass is 19.1. The molecule has 26 heavy (non-hydrogen) atoms. The van der Waals surface area contributed by atoms with Crippen molar-refractivity contribution in [2.45, 2.75) is 25.6 Å². The number of hydrogen-bond acceptors (Lipinski definition) is 4. The SMILES string of the molecule is CO[C@H]1CN(c2ccc(C#Cc3cccc(F)c3)cn2)C(=O)OC1(C)C. The summed E-state index contributed by atoms with van der Waals surface area (Å²) in [7, 11) is 1.59. The minimum Gasteiger partial charge on any atom is -0.440 e. The van der Waals surface area contributed by atoms with E-state index in [9.17, 15) is 9.18 Å². The fraction of sp³-hybridized carbons (Fsp3) is 0.300. The molecule has 3 rings (SSSR count). The summed E-state index contributed by atoms with van der Waals surface area (Å²) in [6, 6.07) is 9.52. The number of cyclic esters (lactones) is 1. The summed E-state index contributed by atoms with van der Waals surface area (Å²) in [5.74, 6) is 5.94. The van der Waals surface area contributed by atoms with Gasteiger partial charge >= 0.3 is 6.09 Å². The van der Waals surface area contributed by atoms with Gasteiger partial charge in [0.15, 0.2) is 0 Å². The molecule has 1 aliphatic rings. The van der Waals surface area contributed by atoms with Crippen LogP contribution in [0, 0.1) is 17.7 Å². The predicted octanol–water partition coefficient (Wildman–Crippen LogP) is 3.37. The van der Waals surface area contributed by atoms with E-state index in [4.69, 9.17) is 9.47 Å². The van der Waals surface area contributed by atoms with Crippen molar-refractivity contribution in [1.82, 2.24) is 4.98 Å². The van der Waals surface area contributed by atoms with Crippen LogP contribution < -0.4 is 4.90 Å². The van der Waals surface area contributed by atoms with Gasteiger partial charge in [0, 0.05) is 24.4 Å². The van der Waals surface area contributed by atoms with Crippen LogP contribution in [0.15, 0.2) is 42.6 Å². The van der Waals surface area contributed by atoms with Crippen molar-refractivity contribution < 1.29 is 18.7 Å². The first-order chi connectivity index (χ1) is 12.4. The van der Waals surface area contributed by atoms with E-state index in [0.29, 0.717) is 23.5 Å². The summed E-state index contributed by atoms with van der Waals surface area (Å²) < 4.78 is 24.0. The molecule has 2 heterocycles. The first-order valence-corrected chi connectivity index (χ1v) is 8.16. The highest BCUT2D eigenvalue weighted by molar-refractivity contribution is 5.87. The monoisotopic (exact) mass is 354 g/mol. The zero-order valence-electron chi connectivity index (χ0n) is 14.8. The molecule has 1 saturated heterocycles. The van der Waals surface area contributed by atoms with Gasteiger partial charge in [0.25, 0.3) is 0 Å². The molecule has 2 aromatic rings. The Morgan fingerprint density at radius 2 is 2.04 bits per heavy atom. The van der Waals surface area contributed by atoms with Crippen LogP contribution in [0.4, 0.5) is 15.0 Å². The third kappa shape index (κ3) is 3.84. The van der Waals surface area contributed by atoms with Gasteiger partial charge in [-0.25, -0.2) is 14.2 Å². The number of methoxy groups -OCH3 is 1. The molecule has 0 bridgehead atoms. The van der Waals surface area contributed by atoms with Crippen molar-refractivity contribution in [2.24, 2.45) is 0 Å². The zero-order valence-corrected chi connectivity index (χ0v) is 14.8. The van der Waals surface area contributed by atoms with Crippen molar-refractivity contribution in [3.63, 3.8) is 0 Å². The lowest BCUT2D eigenvalue weighted by Crippen LogP contribution is -2.57. The van der Waals surface area contributed by atoms with Gasteiger partial charge in [-0.15, -0.1) is 0 Å². The quantitative estimate of drug-likeness (QED) is 0.776. The van der Waals surface area contributed by atoms with Crippen LogP contribution in [0.2, 0.25) is 0 Å². The highest BCUT2D eigenvalue weighted by Gasteiger charge is 2.42. The summed E-state index contributed by atoms with van der Waals surface area (Å²) in [6.07, 6.45) is 0.833. The first kappa shape index (κ1) is 17.9. The van der Waals surface area contributed by atoms with Crippen LogP contribution in [0.3, 0.4) is 0 Å². The van der Waals surface area contributed by atoms with Gasteiger partial charge in [-0.05, 0) is 44.2 Å². The number of nitrogens with zero attached hydrogens (tertiary/aromatic N) is 2. The fourth-order valence-electron chi connectivity index (χ4n) is 2.68. The Hall–Kier alpha value is -2.91. The number of carbonyl (C=O) groups excluding carboxylic acids is 1. The van der Waals surface area contributed by atoms with Crippen molar-refractivity contribution >= 4 is 11.9 Å². The summed E-state index contributed by atoms with van der Waals surface area (Å²) in [4.78, 5) is 18.0. The smallest absolute Gasteiger partial charge is 0.416 e.